The van der Waals surface area contributed by atoms with Crippen LogP contribution in [0.5, 0.6) is 0 Å². The minimum absolute atomic E-state index is 1.06. The molecule has 3 rings (SSSR count). The Bertz CT molecular complexity index is 514. The van der Waals surface area contributed by atoms with Gasteiger partial charge in [0.15, 0.2) is 5.13 Å². The maximum Gasteiger partial charge on any atom is 0.186 e. The molecule has 1 aliphatic heterocycles. The zero-order valence-electron chi connectivity index (χ0n) is 11.0. The van der Waals surface area contributed by atoms with E-state index in [-0.39, 0.29) is 0 Å². The molecule has 18 heavy (non-hydrogen) atoms. The van der Waals surface area contributed by atoms with E-state index in [9.17, 15) is 0 Å². The van der Waals surface area contributed by atoms with E-state index in [1.165, 1.54) is 32.9 Å². The van der Waals surface area contributed by atoms with Gasteiger partial charge in [0.05, 0.1) is 10.2 Å². The largest absolute Gasteiger partial charge is 0.347 e. The molecule has 2 aromatic rings. The van der Waals surface area contributed by atoms with Crippen molar-refractivity contribution in [3.63, 3.8) is 0 Å². The highest BCUT2D eigenvalue weighted by Gasteiger charge is 2.15. The number of thiazole rings is 1. The Morgan fingerprint density at radius 2 is 2.00 bits per heavy atom. The summed E-state index contributed by atoms with van der Waals surface area (Å²) in [5.41, 5.74) is 3.81. The van der Waals surface area contributed by atoms with E-state index in [0.717, 1.165) is 26.2 Å². The first-order valence-corrected chi connectivity index (χ1v) is 7.40. The molecule has 0 unspecified atom stereocenters. The van der Waals surface area contributed by atoms with Gasteiger partial charge in [-0.25, -0.2) is 4.98 Å². The molecule has 2 heterocycles. The van der Waals surface area contributed by atoms with Crippen LogP contribution in [0.2, 0.25) is 0 Å². The molecule has 0 spiro atoms. The van der Waals surface area contributed by atoms with Crippen molar-refractivity contribution < 1.29 is 0 Å². The van der Waals surface area contributed by atoms with Crippen LogP contribution in [0.4, 0.5) is 5.13 Å². The summed E-state index contributed by atoms with van der Waals surface area (Å²) in [5.74, 6) is 0. The molecule has 96 valence electrons. The second kappa shape index (κ2) is 4.86. The lowest BCUT2D eigenvalue weighted by molar-refractivity contribution is 0.724. The van der Waals surface area contributed by atoms with Gasteiger partial charge in [0.25, 0.3) is 0 Å². The topological polar surface area (TPSA) is 28.2 Å². The van der Waals surface area contributed by atoms with Gasteiger partial charge in [-0.2, -0.15) is 0 Å². The van der Waals surface area contributed by atoms with Gasteiger partial charge in [0.2, 0.25) is 0 Å². The monoisotopic (exact) mass is 261 g/mol. The highest BCUT2D eigenvalue weighted by atomic mass is 32.1. The molecular weight excluding hydrogens is 242 g/mol. The van der Waals surface area contributed by atoms with E-state index in [4.69, 9.17) is 4.98 Å². The lowest BCUT2D eigenvalue weighted by atomic mass is 10.1. The second-order valence-electron chi connectivity index (χ2n) is 4.96. The summed E-state index contributed by atoms with van der Waals surface area (Å²) >= 11 is 1.84. The van der Waals surface area contributed by atoms with Gasteiger partial charge in [-0.3, -0.25) is 0 Å². The Kier molecular flexibility index (Phi) is 3.22. The summed E-state index contributed by atoms with van der Waals surface area (Å²) in [7, 11) is 0. The maximum atomic E-state index is 4.86. The highest BCUT2D eigenvalue weighted by Crippen LogP contribution is 2.33. The van der Waals surface area contributed by atoms with Crippen LogP contribution in [0.3, 0.4) is 0 Å². The normalized spacial score (nSPS) is 17.1. The number of hydrogen-bond acceptors (Lipinski definition) is 4. The first-order chi connectivity index (χ1) is 8.75. The minimum Gasteiger partial charge on any atom is -0.347 e. The Morgan fingerprint density at radius 3 is 2.83 bits per heavy atom. The van der Waals surface area contributed by atoms with E-state index in [0.29, 0.717) is 0 Å². The molecule has 1 saturated heterocycles. The van der Waals surface area contributed by atoms with Crippen LogP contribution in [-0.4, -0.2) is 31.2 Å². The number of nitrogens with zero attached hydrogens (tertiary/aromatic N) is 2. The predicted octanol–water partition coefficient (Wildman–Crippen LogP) is 2.71. The first kappa shape index (κ1) is 11.9. The van der Waals surface area contributed by atoms with Crippen molar-refractivity contribution in [1.29, 1.82) is 0 Å². The summed E-state index contributed by atoms with van der Waals surface area (Å²) in [6.07, 6.45) is 1.20. The number of fused-ring (bicyclic) bond motifs is 1. The van der Waals surface area contributed by atoms with E-state index in [1.54, 1.807) is 0 Å². The lowest BCUT2D eigenvalue weighted by Gasteiger charge is -2.17. The number of hydrogen-bond donors (Lipinski definition) is 1. The Hall–Kier alpha value is -1.13. The number of benzene rings is 1. The molecule has 3 nitrogen and oxygen atoms in total. The van der Waals surface area contributed by atoms with Crippen LogP contribution in [0.15, 0.2) is 12.1 Å². The third-order valence-corrected chi connectivity index (χ3v) is 4.79. The summed E-state index contributed by atoms with van der Waals surface area (Å²) in [5, 5.41) is 4.62. The maximum absolute atomic E-state index is 4.86. The van der Waals surface area contributed by atoms with Gasteiger partial charge in [0.1, 0.15) is 0 Å². The standard InChI is InChI=1S/C14H19N3S/c1-10-4-5-11(2)13-12(10)16-14(18-13)17-8-3-6-15-7-9-17/h4-5,15H,3,6-9H2,1-2H3. The molecule has 1 aromatic carbocycles. The number of rotatable bonds is 1. The molecule has 4 heteroatoms. The summed E-state index contributed by atoms with van der Waals surface area (Å²) in [6.45, 7) is 8.69. The SMILES string of the molecule is Cc1ccc(C)c2sc(N3CCCNCC3)nc12. The van der Waals surface area contributed by atoms with Gasteiger partial charge in [0, 0.05) is 19.6 Å². The van der Waals surface area contributed by atoms with Crippen molar-refractivity contribution in [3.05, 3.63) is 23.3 Å². The number of nitrogens with one attached hydrogen (secondary N) is 1. The molecule has 0 amide bonds. The minimum atomic E-state index is 1.06. The number of anilines is 1. The van der Waals surface area contributed by atoms with Gasteiger partial charge >= 0.3 is 0 Å². The Morgan fingerprint density at radius 1 is 1.17 bits per heavy atom. The van der Waals surface area contributed by atoms with E-state index in [1.807, 2.05) is 11.3 Å². The molecule has 1 aromatic heterocycles. The molecule has 1 fully saturated rings. The third-order valence-electron chi connectivity index (χ3n) is 3.54. The van der Waals surface area contributed by atoms with Gasteiger partial charge in [-0.15, -0.1) is 0 Å². The molecule has 0 aliphatic carbocycles. The lowest BCUT2D eigenvalue weighted by Crippen LogP contribution is -2.27. The molecule has 0 atom stereocenters. The Labute approximate surface area is 112 Å². The van der Waals surface area contributed by atoms with Crippen molar-refractivity contribution in [2.75, 3.05) is 31.1 Å². The molecule has 1 N–H and O–H groups in total. The van der Waals surface area contributed by atoms with E-state index < -0.39 is 0 Å². The fourth-order valence-corrected chi connectivity index (χ4v) is 3.58. The summed E-state index contributed by atoms with van der Waals surface area (Å²) < 4.78 is 1.35. The van der Waals surface area contributed by atoms with Crippen LogP contribution < -0.4 is 10.2 Å². The zero-order valence-corrected chi connectivity index (χ0v) is 11.8. The first-order valence-electron chi connectivity index (χ1n) is 6.58. The average Bonchev–Trinajstić information content (AvgIpc) is 2.65. The van der Waals surface area contributed by atoms with Crippen molar-refractivity contribution >= 4 is 26.7 Å². The fraction of sp³-hybridized carbons (Fsp3) is 0.500. The van der Waals surface area contributed by atoms with Crippen molar-refractivity contribution in [2.45, 2.75) is 20.3 Å². The molecule has 1 aliphatic rings. The molecule has 0 radical (unpaired) electrons. The van der Waals surface area contributed by atoms with Crippen molar-refractivity contribution in [3.8, 4) is 0 Å². The number of aromatic nitrogens is 1. The van der Waals surface area contributed by atoms with Gasteiger partial charge < -0.3 is 10.2 Å². The van der Waals surface area contributed by atoms with Crippen LogP contribution in [0.25, 0.3) is 10.2 Å². The molecule has 0 saturated carbocycles. The molecule has 0 bridgehead atoms. The summed E-state index contributed by atoms with van der Waals surface area (Å²) in [4.78, 5) is 7.28. The van der Waals surface area contributed by atoms with Crippen LogP contribution in [0, 0.1) is 13.8 Å². The second-order valence-corrected chi connectivity index (χ2v) is 5.94. The van der Waals surface area contributed by atoms with E-state index in [2.05, 4.69) is 36.2 Å². The smallest absolute Gasteiger partial charge is 0.186 e. The number of aryl methyl sites for hydroxylation is 2. The van der Waals surface area contributed by atoms with Crippen molar-refractivity contribution in [2.24, 2.45) is 0 Å². The average molecular weight is 261 g/mol. The van der Waals surface area contributed by atoms with Gasteiger partial charge in [-0.05, 0) is 37.9 Å². The Balaban J connectivity index is 2.02. The molecular formula is C14H19N3S. The van der Waals surface area contributed by atoms with Crippen LogP contribution in [0.1, 0.15) is 17.5 Å². The quantitative estimate of drug-likeness (QED) is 0.855. The zero-order chi connectivity index (χ0) is 12.5. The third kappa shape index (κ3) is 2.10. The predicted molar refractivity (Wildman–Crippen MR) is 78.8 cm³/mol. The fourth-order valence-electron chi connectivity index (χ4n) is 2.42. The van der Waals surface area contributed by atoms with Crippen molar-refractivity contribution in [1.82, 2.24) is 10.3 Å². The van der Waals surface area contributed by atoms with Crippen LogP contribution >= 0.6 is 11.3 Å². The highest BCUT2D eigenvalue weighted by molar-refractivity contribution is 7.22. The van der Waals surface area contributed by atoms with E-state index >= 15 is 0 Å². The van der Waals surface area contributed by atoms with Gasteiger partial charge in [-0.1, -0.05) is 23.5 Å². The van der Waals surface area contributed by atoms with Crippen LogP contribution in [-0.2, 0) is 0 Å². The summed E-state index contributed by atoms with van der Waals surface area (Å²) in [6, 6.07) is 4.37.